The lowest BCUT2D eigenvalue weighted by Gasteiger charge is -2.17. The minimum absolute atomic E-state index is 0.0825. The summed E-state index contributed by atoms with van der Waals surface area (Å²) < 4.78 is 5.71. The van der Waals surface area contributed by atoms with Gasteiger partial charge in [-0.15, -0.1) is 0 Å². The first-order valence-corrected chi connectivity index (χ1v) is 8.64. The summed E-state index contributed by atoms with van der Waals surface area (Å²) in [5.41, 5.74) is 2.15. The predicted octanol–water partition coefficient (Wildman–Crippen LogP) is 1.92. The van der Waals surface area contributed by atoms with Crippen molar-refractivity contribution in [3.63, 3.8) is 0 Å². The van der Waals surface area contributed by atoms with Crippen LogP contribution in [0.3, 0.4) is 0 Å². The quantitative estimate of drug-likeness (QED) is 0.832. The van der Waals surface area contributed by atoms with Gasteiger partial charge in [-0.1, -0.05) is 24.3 Å². The number of likely N-dealkylation sites (N-methyl/N-ethyl adjacent to an activating group) is 2. The predicted molar refractivity (Wildman–Crippen MR) is 101 cm³/mol. The smallest absolute Gasteiger partial charge is 0.265 e. The molecule has 0 saturated carbocycles. The molecule has 2 N–H and O–H groups in total. The van der Waals surface area contributed by atoms with Crippen LogP contribution in [0.25, 0.3) is 0 Å². The third-order valence-corrected chi connectivity index (χ3v) is 4.36. The zero-order chi connectivity index (χ0) is 18.5. The number of anilines is 1. The highest BCUT2D eigenvalue weighted by atomic mass is 16.5. The number of rotatable bonds is 6. The molecule has 2 amide bonds. The Morgan fingerprint density at radius 1 is 1.19 bits per heavy atom. The minimum Gasteiger partial charge on any atom is -0.480 e. The molecule has 0 saturated heterocycles. The van der Waals surface area contributed by atoms with Crippen LogP contribution in [-0.4, -0.2) is 50.0 Å². The summed E-state index contributed by atoms with van der Waals surface area (Å²) in [7, 11) is 3.60. The molecule has 0 spiro atoms. The Morgan fingerprint density at radius 3 is 2.77 bits per heavy atom. The van der Waals surface area contributed by atoms with E-state index in [1.807, 2.05) is 31.3 Å². The van der Waals surface area contributed by atoms with E-state index in [2.05, 4.69) is 10.6 Å². The third kappa shape index (κ3) is 4.03. The number of nitrogens with zero attached hydrogens (tertiary/aromatic N) is 1. The molecule has 2 aromatic carbocycles. The highest BCUT2D eigenvalue weighted by molar-refractivity contribution is 5.98. The van der Waals surface area contributed by atoms with E-state index in [1.54, 1.807) is 36.2 Å². The molecule has 0 aliphatic carbocycles. The molecule has 2 aromatic rings. The Kier molecular flexibility index (Phi) is 5.53. The van der Waals surface area contributed by atoms with E-state index in [0.29, 0.717) is 24.2 Å². The Morgan fingerprint density at radius 2 is 2.00 bits per heavy atom. The van der Waals surface area contributed by atoms with Crippen LogP contribution >= 0.6 is 0 Å². The lowest BCUT2D eigenvalue weighted by Crippen LogP contribution is -2.33. The van der Waals surface area contributed by atoms with Crippen molar-refractivity contribution in [1.82, 2.24) is 10.2 Å². The molecule has 0 aromatic heterocycles. The number of para-hydroxylation sites is 1. The average Bonchev–Trinajstić information content (AvgIpc) is 3.10. The molecule has 136 valence electrons. The van der Waals surface area contributed by atoms with Crippen molar-refractivity contribution in [2.24, 2.45) is 0 Å². The SMILES string of the molecule is CNCCN(C)C(=O)c1cccc(NC(=O)C2Cc3ccccc3O2)c1. The molecule has 26 heavy (non-hydrogen) atoms. The van der Waals surface area contributed by atoms with Crippen LogP contribution in [0.5, 0.6) is 5.75 Å². The number of hydrogen-bond donors (Lipinski definition) is 2. The summed E-state index contributed by atoms with van der Waals surface area (Å²) in [5.74, 6) is 0.456. The number of carbonyl (C=O) groups excluding carboxylic acids is 2. The van der Waals surface area contributed by atoms with Gasteiger partial charge in [0.1, 0.15) is 5.75 Å². The van der Waals surface area contributed by atoms with Crippen molar-refractivity contribution in [3.8, 4) is 5.75 Å². The summed E-state index contributed by atoms with van der Waals surface area (Å²) in [5, 5.41) is 5.87. The van der Waals surface area contributed by atoms with E-state index in [0.717, 1.165) is 17.9 Å². The van der Waals surface area contributed by atoms with E-state index in [1.165, 1.54) is 0 Å². The molecule has 1 heterocycles. The number of nitrogens with one attached hydrogen (secondary N) is 2. The number of ether oxygens (including phenoxy) is 1. The lowest BCUT2D eigenvalue weighted by atomic mass is 10.1. The van der Waals surface area contributed by atoms with Crippen LogP contribution in [0.15, 0.2) is 48.5 Å². The van der Waals surface area contributed by atoms with Gasteiger partial charge >= 0.3 is 0 Å². The second kappa shape index (κ2) is 8.01. The van der Waals surface area contributed by atoms with Gasteiger partial charge in [0.2, 0.25) is 0 Å². The van der Waals surface area contributed by atoms with Crippen LogP contribution in [0.2, 0.25) is 0 Å². The first-order valence-electron chi connectivity index (χ1n) is 8.64. The molecule has 1 aliphatic rings. The van der Waals surface area contributed by atoms with Gasteiger partial charge in [-0.05, 0) is 36.9 Å². The maximum atomic E-state index is 12.5. The van der Waals surface area contributed by atoms with E-state index < -0.39 is 6.10 Å². The van der Waals surface area contributed by atoms with Crippen molar-refractivity contribution >= 4 is 17.5 Å². The minimum atomic E-state index is -0.551. The second-order valence-electron chi connectivity index (χ2n) is 6.32. The maximum Gasteiger partial charge on any atom is 0.265 e. The van der Waals surface area contributed by atoms with Gasteiger partial charge in [0, 0.05) is 37.8 Å². The van der Waals surface area contributed by atoms with Crippen LogP contribution < -0.4 is 15.4 Å². The summed E-state index contributed by atoms with van der Waals surface area (Å²) in [4.78, 5) is 26.6. The molecular weight excluding hydrogens is 330 g/mol. The van der Waals surface area contributed by atoms with Gasteiger partial charge in [0.25, 0.3) is 11.8 Å². The van der Waals surface area contributed by atoms with Crippen molar-refractivity contribution in [2.45, 2.75) is 12.5 Å². The van der Waals surface area contributed by atoms with Crippen molar-refractivity contribution in [1.29, 1.82) is 0 Å². The van der Waals surface area contributed by atoms with E-state index in [9.17, 15) is 9.59 Å². The molecular formula is C20H23N3O3. The number of benzene rings is 2. The third-order valence-electron chi connectivity index (χ3n) is 4.36. The van der Waals surface area contributed by atoms with E-state index >= 15 is 0 Å². The molecule has 0 bridgehead atoms. The lowest BCUT2D eigenvalue weighted by molar-refractivity contribution is -0.122. The van der Waals surface area contributed by atoms with Gasteiger partial charge in [-0.2, -0.15) is 0 Å². The molecule has 1 aliphatic heterocycles. The van der Waals surface area contributed by atoms with Crippen molar-refractivity contribution in [2.75, 3.05) is 32.5 Å². The average molecular weight is 353 g/mol. The molecule has 6 nitrogen and oxygen atoms in total. The number of amides is 2. The number of fused-ring (bicyclic) bond motifs is 1. The highest BCUT2D eigenvalue weighted by Crippen LogP contribution is 2.28. The monoisotopic (exact) mass is 353 g/mol. The fraction of sp³-hybridized carbons (Fsp3) is 0.300. The molecule has 6 heteroatoms. The normalized spacial score (nSPS) is 15.1. The first kappa shape index (κ1) is 17.9. The summed E-state index contributed by atoms with van der Waals surface area (Å²) in [6.07, 6.45) is -0.00188. The fourth-order valence-electron chi connectivity index (χ4n) is 2.88. The topological polar surface area (TPSA) is 70.7 Å². The zero-order valence-corrected chi connectivity index (χ0v) is 15.0. The number of carbonyl (C=O) groups is 2. The summed E-state index contributed by atoms with van der Waals surface area (Å²) in [6, 6.07) is 14.6. The molecule has 3 rings (SSSR count). The Balaban J connectivity index is 1.64. The standard InChI is InChI=1S/C20H23N3O3/c1-21-10-11-23(2)20(25)15-7-5-8-16(12-15)22-19(24)18-13-14-6-3-4-9-17(14)26-18/h3-9,12,18,21H,10-11,13H2,1-2H3,(H,22,24). The zero-order valence-electron chi connectivity index (χ0n) is 15.0. The second-order valence-corrected chi connectivity index (χ2v) is 6.32. The van der Waals surface area contributed by atoms with Crippen LogP contribution in [0, 0.1) is 0 Å². The molecule has 1 unspecified atom stereocenters. The fourth-order valence-corrected chi connectivity index (χ4v) is 2.88. The Bertz CT molecular complexity index is 781. The van der Waals surface area contributed by atoms with Gasteiger partial charge in [0.05, 0.1) is 0 Å². The molecule has 0 fully saturated rings. The number of hydrogen-bond acceptors (Lipinski definition) is 4. The van der Waals surface area contributed by atoms with Crippen LogP contribution in [0.4, 0.5) is 5.69 Å². The summed E-state index contributed by atoms with van der Waals surface area (Å²) in [6.45, 7) is 1.33. The van der Waals surface area contributed by atoms with E-state index in [-0.39, 0.29) is 11.8 Å². The van der Waals surface area contributed by atoms with Gasteiger partial charge in [-0.3, -0.25) is 9.59 Å². The summed E-state index contributed by atoms with van der Waals surface area (Å²) >= 11 is 0. The Hall–Kier alpha value is -2.86. The van der Waals surface area contributed by atoms with Crippen LogP contribution in [-0.2, 0) is 11.2 Å². The van der Waals surface area contributed by atoms with Crippen LogP contribution in [0.1, 0.15) is 15.9 Å². The largest absolute Gasteiger partial charge is 0.480 e. The van der Waals surface area contributed by atoms with Gasteiger partial charge in [0.15, 0.2) is 6.10 Å². The van der Waals surface area contributed by atoms with Gasteiger partial charge < -0.3 is 20.3 Å². The Labute approximate surface area is 153 Å². The highest BCUT2D eigenvalue weighted by Gasteiger charge is 2.28. The molecule has 0 radical (unpaired) electrons. The van der Waals surface area contributed by atoms with Crippen molar-refractivity contribution in [3.05, 3.63) is 59.7 Å². The first-order chi connectivity index (χ1) is 12.6. The maximum absolute atomic E-state index is 12.5. The van der Waals surface area contributed by atoms with Gasteiger partial charge in [-0.25, -0.2) is 0 Å². The van der Waals surface area contributed by atoms with E-state index in [4.69, 9.17) is 4.74 Å². The molecule has 1 atom stereocenters. The van der Waals surface area contributed by atoms with Crippen molar-refractivity contribution < 1.29 is 14.3 Å².